The van der Waals surface area contributed by atoms with Gasteiger partial charge in [0.15, 0.2) is 0 Å². The maximum absolute atomic E-state index is 3.75. The van der Waals surface area contributed by atoms with Crippen molar-refractivity contribution in [3.8, 4) is 0 Å². The second-order valence-electron chi connectivity index (χ2n) is 7.76. The van der Waals surface area contributed by atoms with Crippen molar-refractivity contribution in [1.29, 1.82) is 0 Å². The van der Waals surface area contributed by atoms with Gasteiger partial charge in [0.1, 0.15) is 0 Å². The van der Waals surface area contributed by atoms with Crippen LogP contribution in [-0.2, 0) is 0 Å². The Morgan fingerprint density at radius 3 is 2.17 bits per heavy atom. The van der Waals surface area contributed by atoms with E-state index in [-0.39, 0.29) is 0 Å². The topological polar surface area (TPSA) is 15.3 Å². The molecule has 2 heteroatoms. The van der Waals surface area contributed by atoms with Crippen molar-refractivity contribution in [3.05, 3.63) is 0 Å². The number of hydrogen-bond acceptors (Lipinski definition) is 2. The van der Waals surface area contributed by atoms with E-state index in [0.717, 1.165) is 29.7 Å². The Morgan fingerprint density at radius 2 is 1.61 bits per heavy atom. The summed E-state index contributed by atoms with van der Waals surface area (Å²) in [5, 5.41) is 3.75. The van der Waals surface area contributed by atoms with Gasteiger partial charge in [-0.15, -0.1) is 0 Å². The number of nitrogens with zero attached hydrogens (tertiary/aromatic N) is 1. The molecule has 18 heavy (non-hydrogen) atoms. The predicted octanol–water partition coefficient (Wildman–Crippen LogP) is 2.49. The largest absolute Gasteiger partial charge is 0.314 e. The predicted molar refractivity (Wildman–Crippen MR) is 74.5 cm³/mol. The van der Waals surface area contributed by atoms with Gasteiger partial charge in [0, 0.05) is 31.2 Å². The number of hydrogen-bond donors (Lipinski definition) is 1. The molecule has 0 aromatic carbocycles. The van der Waals surface area contributed by atoms with Crippen molar-refractivity contribution in [2.24, 2.45) is 23.7 Å². The van der Waals surface area contributed by atoms with Gasteiger partial charge in [-0.05, 0) is 69.6 Å². The van der Waals surface area contributed by atoms with Crippen LogP contribution in [0.25, 0.3) is 0 Å². The average Bonchev–Trinajstić information content (AvgIpc) is 2.35. The third-order valence-corrected chi connectivity index (χ3v) is 6.65. The van der Waals surface area contributed by atoms with Crippen LogP contribution < -0.4 is 5.32 Å². The van der Waals surface area contributed by atoms with E-state index in [9.17, 15) is 0 Å². The average molecular weight is 248 g/mol. The van der Waals surface area contributed by atoms with E-state index >= 15 is 0 Å². The van der Waals surface area contributed by atoms with Crippen molar-refractivity contribution in [2.75, 3.05) is 19.6 Å². The fraction of sp³-hybridized carbons (Fsp3) is 1.00. The molecular weight excluding hydrogens is 220 g/mol. The highest BCUT2D eigenvalue weighted by Crippen LogP contribution is 2.60. The van der Waals surface area contributed by atoms with E-state index in [2.05, 4.69) is 24.1 Å². The van der Waals surface area contributed by atoms with Crippen LogP contribution in [0.5, 0.6) is 0 Å². The molecule has 1 aliphatic heterocycles. The van der Waals surface area contributed by atoms with Crippen molar-refractivity contribution < 1.29 is 0 Å². The Kier molecular flexibility index (Phi) is 2.58. The molecule has 4 saturated carbocycles. The maximum atomic E-state index is 3.75. The van der Waals surface area contributed by atoms with Gasteiger partial charge in [0.25, 0.3) is 0 Å². The number of nitrogens with one attached hydrogen (secondary N) is 1. The van der Waals surface area contributed by atoms with E-state index in [1.165, 1.54) is 45.3 Å². The first kappa shape index (κ1) is 11.7. The fourth-order valence-electron chi connectivity index (χ4n) is 6.29. The molecule has 0 aromatic heterocycles. The van der Waals surface area contributed by atoms with Gasteiger partial charge < -0.3 is 5.32 Å². The van der Waals surface area contributed by atoms with Crippen molar-refractivity contribution >= 4 is 0 Å². The molecule has 5 aliphatic rings. The Morgan fingerprint density at radius 1 is 1.00 bits per heavy atom. The molecule has 4 aliphatic carbocycles. The summed E-state index contributed by atoms with van der Waals surface area (Å²) in [7, 11) is 0. The first-order chi connectivity index (χ1) is 8.70. The van der Waals surface area contributed by atoms with E-state index < -0.39 is 0 Å². The van der Waals surface area contributed by atoms with Gasteiger partial charge in [-0.3, -0.25) is 4.90 Å². The molecule has 1 saturated heterocycles. The molecule has 0 atom stereocenters. The summed E-state index contributed by atoms with van der Waals surface area (Å²) >= 11 is 0. The second kappa shape index (κ2) is 3.96. The van der Waals surface area contributed by atoms with Gasteiger partial charge >= 0.3 is 0 Å². The van der Waals surface area contributed by atoms with Gasteiger partial charge in [-0.1, -0.05) is 0 Å². The summed E-state index contributed by atoms with van der Waals surface area (Å²) in [4.78, 5) is 2.90. The normalized spacial score (nSPS) is 51.5. The molecule has 0 radical (unpaired) electrons. The molecule has 2 nitrogen and oxygen atoms in total. The molecule has 0 aromatic rings. The lowest BCUT2D eigenvalue weighted by Crippen LogP contribution is -2.74. The summed E-state index contributed by atoms with van der Waals surface area (Å²) in [5.41, 5.74) is 0.542. The van der Waals surface area contributed by atoms with E-state index in [1.54, 1.807) is 6.42 Å². The Hall–Kier alpha value is -0.0800. The van der Waals surface area contributed by atoms with Gasteiger partial charge in [-0.2, -0.15) is 0 Å². The van der Waals surface area contributed by atoms with Crippen molar-refractivity contribution in [1.82, 2.24) is 10.2 Å². The minimum atomic E-state index is 0.542. The smallest absolute Gasteiger partial charge is 0.0393 e. The molecule has 102 valence electrons. The summed E-state index contributed by atoms with van der Waals surface area (Å²) < 4.78 is 0. The third kappa shape index (κ3) is 1.42. The first-order valence-electron chi connectivity index (χ1n) is 8.17. The maximum Gasteiger partial charge on any atom is 0.0393 e. The van der Waals surface area contributed by atoms with Gasteiger partial charge in [-0.25, -0.2) is 0 Å². The lowest BCUT2D eigenvalue weighted by molar-refractivity contribution is -0.153. The first-order valence-corrected chi connectivity index (χ1v) is 8.17. The molecule has 5 rings (SSSR count). The third-order valence-electron chi connectivity index (χ3n) is 6.65. The van der Waals surface area contributed by atoms with Gasteiger partial charge in [0.2, 0.25) is 0 Å². The number of piperazine rings is 1. The van der Waals surface area contributed by atoms with Crippen LogP contribution in [0.15, 0.2) is 0 Å². The summed E-state index contributed by atoms with van der Waals surface area (Å²) in [6.07, 6.45) is 7.73. The SMILES string of the molecule is CC(C)N1CCNCC12C1CC3CC(C1)CC2C3. The van der Waals surface area contributed by atoms with Crippen LogP contribution in [0.4, 0.5) is 0 Å². The molecule has 0 amide bonds. The quantitative estimate of drug-likeness (QED) is 0.767. The van der Waals surface area contributed by atoms with E-state index in [4.69, 9.17) is 0 Å². The van der Waals surface area contributed by atoms with Crippen LogP contribution in [0, 0.1) is 23.7 Å². The lowest BCUT2D eigenvalue weighted by atomic mass is 9.47. The van der Waals surface area contributed by atoms with Crippen LogP contribution >= 0.6 is 0 Å². The zero-order valence-electron chi connectivity index (χ0n) is 12.0. The Bertz CT molecular complexity index is 308. The van der Waals surface area contributed by atoms with Crippen LogP contribution in [0.3, 0.4) is 0 Å². The van der Waals surface area contributed by atoms with Crippen molar-refractivity contribution in [3.63, 3.8) is 0 Å². The highest BCUT2D eigenvalue weighted by molar-refractivity contribution is 5.14. The van der Waals surface area contributed by atoms with Crippen LogP contribution in [0.2, 0.25) is 0 Å². The fourth-order valence-corrected chi connectivity index (χ4v) is 6.29. The zero-order chi connectivity index (χ0) is 12.3. The van der Waals surface area contributed by atoms with Gasteiger partial charge in [0.05, 0.1) is 0 Å². The summed E-state index contributed by atoms with van der Waals surface area (Å²) in [5.74, 6) is 4.19. The minimum absolute atomic E-state index is 0.542. The molecule has 1 spiro atoms. The second-order valence-corrected chi connectivity index (χ2v) is 7.76. The Balaban J connectivity index is 1.72. The highest BCUT2D eigenvalue weighted by Gasteiger charge is 2.60. The molecule has 0 unspecified atom stereocenters. The van der Waals surface area contributed by atoms with E-state index in [0.29, 0.717) is 5.54 Å². The highest BCUT2D eigenvalue weighted by atomic mass is 15.3. The zero-order valence-corrected chi connectivity index (χ0v) is 12.0. The minimum Gasteiger partial charge on any atom is -0.314 e. The Labute approximate surface area is 111 Å². The molecule has 4 bridgehead atoms. The molecule has 1 N–H and O–H groups in total. The van der Waals surface area contributed by atoms with Crippen LogP contribution in [-0.4, -0.2) is 36.1 Å². The monoisotopic (exact) mass is 248 g/mol. The number of rotatable bonds is 1. The van der Waals surface area contributed by atoms with Crippen molar-refractivity contribution in [2.45, 2.75) is 57.5 Å². The summed E-state index contributed by atoms with van der Waals surface area (Å²) in [6.45, 7) is 8.59. The van der Waals surface area contributed by atoms with Crippen LogP contribution in [0.1, 0.15) is 46.0 Å². The molecular formula is C16H28N2. The standard InChI is InChI=1S/C16H28N2/c1-11(2)18-4-3-17-10-16(18)14-6-12-5-13(8-14)9-15(16)7-12/h11-15,17H,3-10H2,1-2H3. The van der Waals surface area contributed by atoms with E-state index in [1.807, 2.05) is 0 Å². The molecule has 1 heterocycles. The summed E-state index contributed by atoms with van der Waals surface area (Å²) in [6, 6.07) is 0.727. The molecule has 5 fully saturated rings. The lowest BCUT2D eigenvalue weighted by Gasteiger charge is -2.67.